The fourth-order valence-electron chi connectivity index (χ4n) is 4.19. The zero-order valence-corrected chi connectivity index (χ0v) is 18.6. The van der Waals surface area contributed by atoms with Gasteiger partial charge in [-0.15, -0.1) is 0 Å². The number of carbonyl (C=O) groups is 1. The Bertz CT molecular complexity index is 1200. The molecule has 3 heterocycles. The van der Waals surface area contributed by atoms with Crippen LogP contribution in [-0.4, -0.2) is 62.2 Å². The highest BCUT2D eigenvalue weighted by Gasteiger charge is 2.42. The summed E-state index contributed by atoms with van der Waals surface area (Å²) in [6, 6.07) is 0.542. The molecule has 186 valence electrons. The largest absolute Gasteiger partial charge is 0.483 e. The first-order valence-corrected chi connectivity index (χ1v) is 12.2. The minimum Gasteiger partial charge on any atom is -0.483 e. The summed E-state index contributed by atoms with van der Waals surface area (Å²) in [5.74, 6) is -4.70. The van der Waals surface area contributed by atoms with Gasteiger partial charge in [-0.3, -0.25) is 4.79 Å². The van der Waals surface area contributed by atoms with Gasteiger partial charge in [-0.25, -0.2) is 22.2 Å². The zero-order chi connectivity index (χ0) is 24.8. The molecule has 0 saturated carbocycles. The van der Waals surface area contributed by atoms with E-state index in [0.29, 0.717) is 31.5 Å². The summed E-state index contributed by atoms with van der Waals surface area (Å²) >= 11 is 0. The lowest BCUT2D eigenvalue weighted by molar-refractivity contribution is -0.156. The molecular formula is C20H20F5N3O5S. The lowest BCUT2D eigenvalue weighted by Crippen LogP contribution is -2.57. The van der Waals surface area contributed by atoms with E-state index < -0.39 is 56.3 Å². The number of hydrogen-bond donors (Lipinski definition) is 0. The summed E-state index contributed by atoms with van der Waals surface area (Å²) in [6.45, 7) is 0.508. The average Bonchev–Trinajstić information content (AvgIpc) is 3.39. The van der Waals surface area contributed by atoms with E-state index in [1.807, 2.05) is 0 Å². The molecule has 1 aromatic carbocycles. The van der Waals surface area contributed by atoms with Crippen LogP contribution in [0.2, 0.25) is 0 Å². The molecule has 1 amide bonds. The Kier molecular flexibility index (Phi) is 6.21. The lowest BCUT2D eigenvalue weighted by atomic mass is 10.00. The number of likely N-dealkylation sites (tertiary alicyclic amines) is 1. The van der Waals surface area contributed by atoms with Gasteiger partial charge in [0.25, 0.3) is 0 Å². The van der Waals surface area contributed by atoms with Crippen LogP contribution in [0.15, 0.2) is 27.6 Å². The molecule has 0 N–H and O–H groups in total. The molecule has 8 nitrogen and oxygen atoms in total. The van der Waals surface area contributed by atoms with Crippen LogP contribution < -0.4 is 9.64 Å². The first kappa shape index (κ1) is 24.2. The zero-order valence-electron chi connectivity index (χ0n) is 17.8. The van der Waals surface area contributed by atoms with Crippen molar-refractivity contribution in [2.45, 2.75) is 42.5 Å². The van der Waals surface area contributed by atoms with Crippen LogP contribution in [0.25, 0.3) is 0 Å². The maximum Gasteiger partial charge on any atom is 0.469 e. The predicted molar refractivity (Wildman–Crippen MR) is 107 cm³/mol. The van der Waals surface area contributed by atoms with E-state index in [1.54, 1.807) is 4.90 Å². The number of ether oxygens (including phenoxy) is 1. The number of oxazole rings is 1. The minimum atomic E-state index is -4.78. The Morgan fingerprint density at radius 3 is 2.50 bits per heavy atom. The second-order valence-corrected chi connectivity index (χ2v) is 10.1. The third-order valence-corrected chi connectivity index (χ3v) is 6.86. The lowest BCUT2D eigenvalue weighted by Gasteiger charge is -2.42. The topological polar surface area (TPSA) is 93.0 Å². The maximum absolute atomic E-state index is 14.6. The predicted octanol–water partition coefficient (Wildman–Crippen LogP) is 3.02. The van der Waals surface area contributed by atoms with Crippen molar-refractivity contribution in [3.8, 4) is 5.75 Å². The van der Waals surface area contributed by atoms with Crippen LogP contribution in [0.5, 0.6) is 5.75 Å². The molecule has 34 heavy (non-hydrogen) atoms. The highest BCUT2D eigenvalue weighted by Crippen LogP contribution is 2.34. The number of carbonyl (C=O) groups excluding carboxylic acids is 1. The Balaban J connectivity index is 1.63. The SMILES string of the molecule is CS(=O)(=O)c1cc(F)c(O[C@@H]2CN(c3cnc(C(F)(F)F)o3)CCC2N2CCCC2=O)cc1F. The van der Waals surface area contributed by atoms with Crippen molar-refractivity contribution in [2.75, 3.05) is 30.8 Å². The molecule has 14 heteroatoms. The maximum atomic E-state index is 14.6. The monoisotopic (exact) mass is 509 g/mol. The van der Waals surface area contributed by atoms with Gasteiger partial charge in [0.1, 0.15) is 16.8 Å². The molecule has 1 unspecified atom stereocenters. The molecule has 0 radical (unpaired) electrons. The van der Waals surface area contributed by atoms with Crippen molar-refractivity contribution >= 4 is 21.6 Å². The molecule has 2 fully saturated rings. The van der Waals surface area contributed by atoms with Crippen LogP contribution in [0.3, 0.4) is 0 Å². The molecular weight excluding hydrogens is 489 g/mol. The molecule has 0 aliphatic carbocycles. The van der Waals surface area contributed by atoms with Gasteiger partial charge in [-0.1, -0.05) is 0 Å². The second-order valence-electron chi connectivity index (χ2n) is 8.14. The quantitative estimate of drug-likeness (QED) is 0.572. The van der Waals surface area contributed by atoms with Crippen LogP contribution in [0.4, 0.5) is 27.8 Å². The van der Waals surface area contributed by atoms with Gasteiger partial charge < -0.3 is 19.0 Å². The second kappa shape index (κ2) is 8.71. The Morgan fingerprint density at radius 1 is 1.18 bits per heavy atom. The minimum absolute atomic E-state index is 0.115. The number of piperidine rings is 1. The van der Waals surface area contributed by atoms with Gasteiger partial charge in [0.05, 0.1) is 18.8 Å². The molecule has 4 rings (SSSR count). The Morgan fingerprint density at radius 2 is 1.91 bits per heavy atom. The normalized spacial score (nSPS) is 21.9. The number of amides is 1. The molecule has 2 atom stereocenters. The number of benzene rings is 1. The van der Waals surface area contributed by atoms with Gasteiger partial charge in [0.15, 0.2) is 21.4 Å². The molecule has 2 aliphatic rings. The summed E-state index contributed by atoms with van der Waals surface area (Å²) in [4.78, 5) is 17.7. The van der Waals surface area contributed by atoms with Gasteiger partial charge in [0.2, 0.25) is 11.8 Å². The first-order chi connectivity index (χ1) is 15.8. The van der Waals surface area contributed by atoms with Crippen LogP contribution in [0.1, 0.15) is 25.2 Å². The molecule has 2 aliphatic heterocycles. The van der Waals surface area contributed by atoms with Gasteiger partial charge >= 0.3 is 12.1 Å². The van der Waals surface area contributed by atoms with E-state index in [2.05, 4.69) is 4.98 Å². The van der Waals surface area contributed by atoms with E-state index >= 15 is 0 Å². The molecule has 2 saturated heterocycles. The van der Waals surface area contributed by atoms with E-state index in [9.17, 15) is 35.2 Å². The van der Waals surface area contributed by atoms with Gasteiger partial charge in [-0.2, -0.15) is 13.2 Å². The smallest absolute Gasteiger partial charge is 0.469 e. The number of sulfone groups is 1. The molecule has 0 spiro atoms. The van der Waals surface area contributed by atoms with E-state index in [1.165, 1.54) is 4.90 Å². The summed E-state index contributed by atoms with van der Waals surface area (Å²) < 4.78 is 101. The Labute approximate surface area is 191 Å². The van der Waals surface area contributed by atoms with Crippen LogP contribution in [0, 0.1) is 11.6 Å². The van der Waals surface area contributed by atoms with Crippen molar-refractivity contribution in [3.05, 3.63) is 35.9 Å². The fourth-order valence-corrected chi connectivity index (χ4v) is 4.92. The molecule has 0 bridgehead atoms. The van der Waals surface area contributed by atoms with Crippen molar-refractivity contribution in [3.63, 3.8) is 0 Å². The van der Waals surface area contributed by atoms with Gasteiger partial charge in [0, 0.05) is 31.8 Å². The number of hydrogen-bond acceptors (Lipinski definition) is 7. The standard InChI is InChI=1S/C20H20F5N3O5S/c1-34(30,31)16-8-11(21)14(7-12(16)22)32-15-10-27(18-9-26-19(33-18)20(23,24)25)6-4-13(15)28-5-2-3-17(28)29/h7-9,13,15H,2-6,10H2,1H3/t13?,15-/m1/s1. The van der Waals surface area contributed by atoms with E-state index in [4.69, 9.17) is 9.15 Å². The molecule has 1 aromatic heterocycles. The average molecular weight is 509 g/mol. The van der Waals surface area contributed by atoms with Crippen molar-refractivity contribution in [1.82, 2.24) is 9.88 Å². The molecule has 2 aromatic rings. The fraction of sp³-hybridized carbons (Fsp3) is 0.500. The summed E-state index contributed by atoms with van der Waals surface area (Å²) in [7, 11) is -4.03. The highest BCUT2D eigenvalue weighted by atomic mass is 32.2. The van der Waals surface area contributed by atoms with E-state index in [0.717, 1.165) is 12.5 Å². The number of halogens is 5. The number of alkyl halides is 3. The third kappa shape index (κ3) is 4.81. The van der Waals surface area contributed by atoms with Crippen molar-refractivity contribution < 1.29 is 44.3 Å². The van der Waals surface area contributed by atoms with Crippen LogP contribution >= 0.6 is 0 Å². The number of anilines is 1. The van der Waals surface area contributed by atoms with Gasteiger partial charge in [-0.05, 0) is 18.9 Å². The van der Waals surface area contributed by atoms with Crippen molar-refractivity contribution in [2.24, 2.45) is 0 Å². The Hall–Kier alpha value is -2.90. The summed E-state index contributed by atoms with van der Waals surface area (Å²) in [6.07, 6.45) is -2.95. The first-order valence-electron chi connectivity index (χ1n) is 10.3. The van der Waals surface area contributed by atoms with Crippen molar-refractivity contribution in [1.29, 1.82) is 0 Å². The number of nitrogens with zero attached hydrogens (tertiary/aromatic N) is 3. The van der Waals surface area contributed by atoms with E-state index in [-0.39, 0.29) is 31.3 Å². The number of aromatic nitrogens is 1. The van der Waals surface area contributed by atoms with Crippen LogP contribution in [-0.2, 0) is 20.8 Å². The highest BCUT2D eigenvalue weighted by molar-refractivity contribution is 7.90. The summed E-state index contributed by atoms with van der Waals surface area (Å²) in [5, 5.41) is 0. The third-order valence-electron chi connectivity index (χ3n) is 5.75. The summed E-state index contributed by atoms with van der Waals surface area (Å²) in [5.41, 5.74) is 0. The number of rotatable bonds is 5.